The van der Waals surface area contributed by atoms with Crippen LogP contribution in [0.3, 0.4) is 0 Å². The molecule has 0 saturated carbocycles. The van der Waals surface area contributed by atoms with Crippen LogP contribution in [0.2, 0.25) is 0 Å². The Morgan fingerprint density at radius 1 is 1.19 bits per heavy atom. The molecule has 144 valence electrons. The lowest BCUT2D eigenvalue weighted by atomic mass is 10.1. The second-order valence-corrected chi connectivity index (χ2v) is 7.54. The Kier molecular flexibility index (Phi) is 5.13. The minimum absolute atomic E-state index is 0.00188. The number of nitrogens with one attached hydrogen (secondary N) is 1. The number of amides is 1. The first-order chi connectivity index (χ1) is 13.1. The number of hydrogen-bond acceptors (Lipinski definition) is 4. The molecule has 7 heteroatoms. The van der Waals surface area contributed by atoms with Crippen LogP contribution in [0.1, 0.15) is 12.0 Å². The number of rotatable bonds is 5. The van der Waals surface area contributed by atoms with Crippen LogP contribution in [0.15, 0.2) is 30.5 Å². The normalized spacial score (nSPS) is 23.3. The number of fused-ring (bicyclic) bond motifs is 4. The fourth-order valence-electron chi connectivity index (χ4n) is 4.24. The number of para-hydroxylation sites is 1. The predicted octanol–water partition coefficient (Wildman–Crippen LogP) is 1.34. The number of carboxylic acids is 1. The Bertz CT molecular complexity index is 833. The van der Waals surface area contributed by atoms with Gasteiger partial charge in [-0.05, 0) is 18.1 Å². The standard InChI is InChI=1S/C20H25N3O4/c24-19(6-5-15-7-21-18-4-2-1-3-17(15)18)23-9-14-8-22(11-20(25)26)16(10-23)13-27-12-14/h1-4,7,14,16,21H,5-6,8-13H2,(H,25,26)/t14-,16+/m1/s1. The van der Waals surface area contributed by atoms with E-state index in [-0.39, 0.29) is 24.4 Å². The van der Waals surface area contributed by atoms with Crippen molar-refractivity contribution >= 4 is 22.8 Å². The van der Waals surface area contributed by atoms with Gasteiger partial charge in [0, 0.05) is 49.1 Å². The molecule has 0 unspecified atom stereocenters. The molecule has 2 aromatic rings. The van der Waals surface area contributed by atoms with Gasteiger partial charge < -0.3 is 19.7 Å². The molecular formula is C20H25N3O4. The SMILES string of the molecule is O=C(O)CN1C[C@H]2COC[C@@H]1CN(C(=O)CCc1c[nH]c3ccccc13)C2. The van der Waals surface area contributed by atoms with Gasteiger partial charge in [0.15, 0.2) is 0 Å². The molecule has 2 N–H and O–H groups in total. The molecule has 1 aromatic carbocycles. The van der Waals surface area contributed by atoms with E-state index in [0.717, 1.165) is 11.1 Å². The van der Waals surface area contributed by atoms with Crippen molar-refractivity contribution in [2.75, 3.05) is 39.4 Å². The van der Waals surface area contributed by atoms with E-state index in [1.165, 1.54) is 5.39 Å². The van der Waals surface area contributed by atoms with Crippen molar-refractivity contribution in [1.82, 2.24) is 14.8 Å². The largest absolute Gasteiger partial charge is 0.480 e. The number of carbonyl (C=O) groups is 2. The number of hydrogen-bond donors (Lipinski definition) is 2. The molecule has 1 amide bonds. The van der Waals surface area contributed by atoms with Crippen molar-refractivity contribution in [3.05, 3.63) is 36.0 Å². The number of H-pyrrole nitrogens is 1. The van der Waals surface area contributed by atoms with Crippen molar-refractivity contribution in [3.8, 4) is 0 Å². The lowest BCUT2D eigenvalue weighted by molar-refractivity contribution is -0.139. The zero-order valence-corrected chi connectivity index (χ0v) is 15.3. The Morgan fingerprint density at radius 3 is 2.89 bits per heavy atom. The van der Waals surface area contributed by atoms with E-state index in [9.17, 15) is 9.59 Å². The first-order valence-corrected chi connectivity index (χ1v) is 9.46. The molecule has 4 rings (SSSR count). The molecule has 0 aliphatic carbocycles. The Labute approximate surface area is 157 Å². The fourth-order valence-corrected chi connectivity index (χ4v) is 4.24. The Balaban J connectivity index is 1.42. The van der Waals surface area contributed by atoms with Gasteiger partial charge in [-0.2, -0.15) is 0 Å². The number of aliphatic carboxylic acids is 1. The van der Waals surface area contributed by atoms with E-state index >= 15 is 0 Å². The van der Waals surface area contributed by atoms with Gasteiger partial charge in [-0.25, -0.2) is 0 Å². The summed E-state index contributed by atoms with van der Waals surface area (Å²) in [6.07, 6.45) is 3.14. The summed E-state index contributed by atoms with van der Waals surface area (Å²) in [5, 5.41) is 10.3. The minimum atomic E-state index is -0.834. The molecule has 2 saturated heterocycles. The number of ether oxygens (including phenoxy) is 1. The molecule has 2 atom stereocenters. The van der Waals surface area contributed by atoms with Gasteiger partial charge in [-0.1, -0.05) is 18.2 Å². The molecule has 0 radical (unpaired) electrons. The highest BCUT2D eigenvalue weighted by Gasteiger charge is 2.35. The maximum atomic E-state index is 12.9. The van der Waals surface area contributed by atoms with Gasteiger partial charge in [0.25, 0.3) is 0 Å². The average Bonchev–Trinajstić information content (AvgIpc) is 2.84. The lowest BCUT2D eigenvalue weighted by Gasteiger charge is -2.30. The highest BCUT2D eigenvalue weighted by atomic mass is 16.5. The predicted molar refractivity (Wildman–Crippen MR) is 101 cm³/mol. The number of carboxylic acid groups (broad SMARTS) is 1. The van der Waals surface area contributed by atoms with E-state index in [0.29, 0.717) is 45.7 Å². The van der Waals surface area contributed by atoms with Crippen LogP contribution in [0.25, 0.3) is 10.9 Å². The quantitative estimate of drug-likeness (QED) is 0.829. The number of carbonyl (C=O) groups excluding carboxylic acids is 1. The second-order valence-electron chi connectivity index (χ2n) is 7.54. The van der Waals surface area contributed by atoms with Crippen molar-refractivity contribution in [3.63, 3.8) is 0 Å². The van der Waals surface area contributed by atoms with Crippen molar-refractivity contribution in [2.24, 2.45) is 5.92 Å². The molecule has 2 aliphatic heterocycles. The summed E-state index contributed by atoms with van der Waals surface area (Å²) in [6.45, 7) is 2.91. The third kappa shape index (κ3) is 3.99. The topological polar surface area (TPSA) is 85.9 Å². The number of aromatic amines is 1. The molecule has 0 spiro atoms. The van der Waals surface area contributed by atoms with Gasteiger partial charge in [0.05, 0.1) is 25.8 Å². The second kappa shape index (κ2) is 7.70. The van der Waals surface area contributed by atoms with Crippen LogP contribution in [0, 0.1) is 5.92 Å². The Hall–Kier alpha value is -2.38. The van der Waals surface area contributed by atoms with Crippen molar-refractivity contribution < 1.29 is 19.4 Å². The van der Waals surface area contributed by atoms with E-state index in [2.05, 4.69) is 11.1 Å². The third-order valence-corrected chi connectivity index (χ3v) is 5.56. The molecule has 3 heterocycles. The zero-order valence-electron chi connectivity index (χ0n) is 15.3. The maximum Gasteiger partial charge on any atom is 0.317 e. The molecule has 2 bridgehead atoms. The van der Waals surface area contributed by atoms with Gasteiger partial charge in [0.2, 0.25) is 5.91 Å². The van der Waals surface area contributed by atoms with E-state index in [1.54, 1.807) is 0 Å². The van der Waals surface area contributed by atoms with Crippen molar-refractivity contribution in [2.45, 2.75) is 18.9 Å². The summed E-state index contributed by atoms with van der Waals surface area (Å²) in [5.41, 5.74) is 2.25. The highest BCUT2D eigenvalue weighted by Crippen LogP contribution is 2.22. The number of aromatic nitrogens is 1. The summed E-state index contributed by atoms with van der Waals surface area (Å²) >= 11 is 0. The number of nitrogens with zero attached hydrogens (tertiary/aromatic N) is 2. The van der Waals surface area contributed by atoms with E-state index in [1.807, 2.05) is 34.2 Å². The van der Waals surface area contributed by atoms with E-state index in [4.69, 9.17) is 9.84 Å². The van der Waals surface area contributed by atoms with Crippen LogP contribution in [0.5, 0.6) is 0 Å². The van der Waals surface area contributed by atoms with Crippen LogP contribution in [-0.2, 0) is 20.7 Å². The van der Waals surface area contributed by atoms with Crippen molar-refractivity contribution in [1.29, 1.82) is 0 Å². The molecule has 1 aromatic heterocycles. The number of benzene rings is 1. The van der Waals surface area contributed by atoms with Crippen LogP contribution in [0.4, 0.5) is 0 Å². The van der Waals surface area contributed by atoms with Crippen LogP contribution in [-0.4, -0.2) is 77.2 Å². The smallest absolute Gasteiger partial charge is 0.317 e. The molecule has 2 aliphatic rings. The minimum Gasteiger partial charge on any atom is -0.480 e. The average molecular weight is 371 g/mol. The van der Waals surface area contributed by atoms with Crippen LogP contribution >= 0.6 is 0 Å². The molecule has 27 heavy (non-hydrogen) atoms. The highest BCUT2D eigenvalue weighted by molar-refractivity contribution is 5.84. The van der Waals surface area contributed by atoms with Crippen LogP contribution < -0.4 is 0 Å². The first kappa shape index (κ1) is 18.0. The summed E-state index contributed by atoms with van der Waals surface area (Å²) in [6, 6.07) is 8.06. The summed E-state index contributed by atoms with van der Waals surface area (Å²) in [4.78, 5) is 31.2. The zero-order chi connectivity index (χ0) is 18.8. The maximum absolute atomic E-state index is 12.9. The molecule has 2 fully saturated rings. The number of aryl methyl sites for hydroxylation is 1. The van der Waals surface area contributed by atoms with Gasteiger partial charge in [0.1, 0.15) is 0 Å². The van der Waals surface area contributed by atoms with Gasteiger partial charge >= 0.3 is 5.97 Å². The summed E-state index contributed by atoms with van der Waals surface area (Å²) in [7, 11) is 0. The third-order valence-electron chi connectivity index (χ3n) is 5.56. The summed E-state index contributed by atoms with van der Waals surface area (Å²) in [5.74, 6) is -0.539. The van der Waals surface area contributed by atoms with E-state index < -0.39 is 5.97 Å². The lowest BCUT2D eigenvalue weighted by Crippen LogP contribution is -2.47. The fraction of sp³-hybridized carbons (Fsp3) is 0.500. The monoisotopic (exact) mass is 371 g/mol. The molecular weight excluding hydrogens is 346 g/mol. The first-order valence-electron chi connectivity index (χ1n) is 9.46. The van der Waals surface area contributed by atoms with Gasteiger partial charge in [-0.3, -0.25) is 14.5 Å². The molecule has 7 nitrogen and oxygen atoms in total. The van der Waals surface area contributed by atoms with Gasteiger partial charge in [-0.15, -0.1) is 0 Å². The summed E-state index contributed by atoms with van der Waals surface area (Å²) < 4.78 is 5.69. The Morgan fingerprint density at radius 2 is 2.04 bits per heavy atom.